The first-order chi connectivity index (χ1) is 9.42. The van der Waals surface area contributed by atoms with Crippen LogP contribution in [0, 0.1) is 0 Å². The molecule has 0 atom stereocenters. The Morgan fingerprint density at radius 2 is 2.20 bits per heavy atom. The number of carbonyl (C=O) groups excluding carboxylic acids is 1. The van der Waals surface area contributed by atoms with Crippen LogP contribution in [-0.2, 0) is 4.79 Å². The molecule has 1 amide bonds. The van der Waals surface area contributed by atoms with Crippen LogP contribution in [0.5, 0.6) is 5.75 Å². The number of rotatable bonds is 3. The first kappa shape index (κ1) is 14.4. The van der Waals surface area contributed by atoms with Crippen molar-refractivity contribution in [1.29, 1.82) is 0 Å². The van der Waals surface area contributed by atoms with Crippen LogP contribution in [0.2, 0.25) is 0 Å². The number of carbonyl (C=O) groups is 1. The fraction of sp³-hybridized carbons (Fsp3) is 0.182. The number of benzene rings is 1. The van der Waals surface area contributed by atoms with Crippen LogP contribution in [0.4, 0.5) is 13.2 Å². The second-order valence-corrected chi connectivity index (χ2v) is 4.57. The number of thioether (sulfide) groups is 1. The van der Waals surface area contributed by atoms with Crippen molar-refractivity contribution >= 4 is 29.1 Å². The third-order valence-corrected chi connectivity index (χ3v) is 2.90. The summed E-state index contributed by atoms with van der Waals surface area (Å²) in [6.07, 6.45) is -3.47. The van der Waals surface area contributed by atoms with Gasteiger partial charge in [-0.3, -0.25) is 4.79 Å². The van der Waals surface area contributed by atoms with E-state index in [9.17, 15) is 18.0 Å². The maximum absolute atomic E-state index is 12.0. The van der Waals surface area contributed by atoms with Crippen LogP contribution in [0.15, 0.2) is 34.5 Å². The fourth-order valence-corrected chi connectivity index (χ4v) is 1.95. The highest BCUT2D eigenvalue weighted by molar-refractivity contribution is 8.15. The zero-order valence-electron chi connectivity index (χ0n) is 9.85. The Morgan fingerprint density at radius 3 is 2.85 bits per heavy atom. The van der Waals surface area contributed by atoms with Gasteiger partial charge < -0.3 is 10.1 Å². The van der Waals surface area contributed by atoms with Crippen LogP contribution in [0.1, 0.15) is 5.56 Å². The largest absolute Gasteiger partial charge is 0.573 e. The molecule has 0 radical (unpaired) electrons. The molecule has 1 fully saturated rings. The fourth-order valence-electron chi connectivity index (χ4n) is 1.32. The van der Waals surface area contributed by atoms with Gasteiger partial charge in [0.2, 0.25) is 5.91 Å². The lowest BCUT2D eigenvalue weighted by molar-refractivity contribution is -0.274. The lowest BCUT2D eigenvalue weighted by Crippen LogP contribution is -2.19. The molecule has 0 saturated carbocycles. The quantitative estimate of drug-likeness (QED) is 0.687. The Hall–Kier alpha value is -2.03. The van der Waals surface area contributed by atoms with Gasteiger partial charge in [0.25, 0.3) is 0 Å². The van der Waals surface area contributed by atoms with Crippen LogP contribution < -0.4 is 10.1 Å². The van der Waals surface area contributed by atoms with Crippen molar-refractivity contribution < 1.29 is 22.7 Å². The van der Waals surface area contributed by atoms with Gasteiger partial charge in [0.05, 0.1) is 12.0 Å². The normalized spacial score (nSPS) is 17.8. The van der Waals surface area contributed by atoms with Crippen molar-refractivity contribution in [3.8, 4) is 5.75 Å². The molecule has 0 aliphatic carbocycles. The number of hydrogen-bond acceptors (Lipinski definition) is 5. The molecule has 1 aliphatic heterocycles. The van der Waals surface area contributed by atoms with E-state index in [4.69, 9.17) is 0 Å². The molecule has 1 aromatic carbocycles. The number of ether oxygens (including phenoxy) is 1. The SMILES string of the molecule is O=C1CSC(=NN=Cc2cccc(OC(F)(F)F)c2)N1. The van der Waals surface area contributed by atoms with Crippen LogP contribution in [0.25, 0.3) is 0 Å². The molecule has 1 heterocycles. The summed E-state index contributed by atoms with van der Waals surface area (Å²) >= 11 is 1.20. The Bertz CT molecular complexity index is 572. The minimum Gasteiger partial charge on any atom is -0.406 e. The molecule has 0 bridgehead atoms. The molecule has 5 nitrogen and oxygen atoms in total. The Labute approximate surface area is 115 Å². The van der Waals surface area contributed by atoms with E-state index in [1.54, 1.807) is 6.07 Å². The lowest BCUT2D eigenvalue weighted by Gasteiger charge is -2.08. The molecule has 0 unspecified atom stereocenters. The van der Waals surface area contributed by atoms with Crippen LogP contribution in [0.3, 0.4) is 0 Å². The van der Waals surface area contributed by atoms with Gasteiger partial charge >= 0.3 is 6.36 Å². The van der Waals surface area contributed by atoms with Gasteiger partial charge in [-0.15, -0.1) is 18.3 Å². The molecule has 1 saturated heterocycles. The third kappa shape index (κ3) is 4.57. The molecule has 9 heteroatoms. The topological polar surface area (TPSA) is 63.0 Å². The summed E-state index contributed by atoms with van der Waals surface area (Å²) in [4.78, 5) is 10.9. The summed E-state index contributed by atoms with van der Waals surface area (Å²) < 4.78 is 39.9. The van der Waals surface area contributed by atoms with Gasteiger partial charge in [0.15, 0.2) is 5.17 Å². The van der Waals surface area contributed by atoms with E-state index >= 15 is 0 Å². The predicted molar refractivity (Wildman–Crippen MR) is 68.8 cm³/mol. The summed E-state index contributed by atoms with van der Waals surface area (Å²) in [6.45, 7) is 0. The number of hydrogen-bond donors (Lipinski definition) is 1. The van der Waals surface area contributed by atoms with Gasteiger partial charge in [-0.05, 0) is 17.7 Å². The monoisotopic (exact) mass is 303 g/mol. The predicted octanol–water partition coefficient (Wildman–Crippen LogP) is 2.14. The van der Waals surface area contributed by atoms with Gasteiger partial charge in [0, 0.05) is 0 Å². The first-order valence-electron chi connectivity index (χ1n) is 5.32. The van der Waals surface area contributed by atoms with E-state index in [2.05, 4.69) is 20.3 Å². The summed E-state index contributed by atoms with van der Waals surface area (Å²) in [7, 11) is 0. The van der Waals surface area contributed by atoms with Crippen molar-refractivity contribution in [2.45, 2.75) is 6.36 Å². The van der Waals surface area contributed by atoms with E-state index < -0.39 is 6.36 Å². The molecule has 0 spiro atoms. The third-order valence-electron chi connectivity index (χ3n) is 2.03. The molecular formula is C11H8F3N3O2S. The van der Waals surface area contributed by atoms with E-state index in [0.29, 0.717) is 10.7 Å². The Balaban J connectivity index is 2.02. The molecule has 106 valence electrons. The van der Waals surface area contributed by atoms with Crippen molar-refractivity contribution in [1.82, 2.24) is 5.32 Å². The summed E-state index contributed by atoms with van der Waals surface area (Å²) in [6, 6.07) is 5.32. The number of alkyl halides is 3. The average molecular weight is 303 g/mol. The van der Waals surface area contributed by atoms with Crippen molar-refractivity contribution in [2.24, 2.45) is 10.2 Å². The average Bonchev–Trinajstić information content (AvgIpc) is 2.73. The number of nitrogens with zero attached hydrogens (tertiary/aromatic N) is 2. The zero-order valence-corrected chi connectivity index (χ0v) is 10.7. The van der Waals surface area contributed by atoms with Gasteiger partial charge in [-0.25, -0.2) is 0 Å². The highest BCUT2D eigenvalue weighted by atomic mass is 32.2. The smallest absolute Gasteiger partial charge is 0.406 e. The van der Waals surface area contributed by atoms with Crippen molar-refractivity contribution in [3.63, 3.8) is 0 Å². The molecule has 1 N–H and O–H groups in total. The molecule has 1 aromatic rings. The molecule has 20 heavy (non-hydrogen) atoms. The Morgan fingerprint density at radius 1 is 1.40 bits per heavy atom. The summed E-state index contributed by atoms with van der Waals surface area (Å²) in [5.41, 5.74) is 0.394. The second-order valence-electron chi connectivity index (χ2n) is 3.61. The maximum Gasteiger partial charge on any atom is 0.573 e. The number of halogens is 3. The molecular weight excluding hydrogens is 295 g/mol. The van der Waals surface area contributed by atoms with E-state index in [1.165, 1.54) is 36.2 Å². The van der Waals surface area contributed by atoms with E-state index in [1.807, 2.05) is 0 Å². The van der Waals surface area contributed by atoms with Crippen molar-refractivity contribution in [2.75, 3.05) is 5.75 Å². The van der Waals surface area contributed by atoms with Gasteiger partial charge in [0.1, 0.15) is 5.75 Å². The maximum atomic E-state index is 12.0. The highest BCUT2D eigenvalue weighted by Gasteiger charge is 2.31. The molecule has 0 aromatic heterocycles. The number of amides is 1. The standard InChI is InChI=1S/C11H8F3N3O2S/c12-11(13,14)19-8-3-1-2-7(4-8)5-15-17-10-16-9(18)6-20-10/h1-5H,6H2,(H,16,17,18). The van der Waals surface area contributed by atoms with E-state index in [-0.39, 0.29) is 17.4 Å². The van der Waals surface area contributed by atoms with Crippen molar-refractivity contribution in [3.05, 3.63) is 29.8 Å². The second kappa shape index (κ2) is 5.95. The van der Waals surface area contributed by atoms with Crippen LogP contribution in [-0.4, -0.2) is 29.4 Å². The minimum absolute atomic E-state index is 0.162. The lowest BCUT2D eigenvalue weighted by atomic mass is 10.2. The van der Waals surface area contributed by atoms with Crippen LogP contribution >= 0.6 is 11.8 Å². The summed E-state index contributed by atoms with van der Waals surface area (Å²) in [5, 5.41) is 10.2. The zero-order chi connectivity index (χ0) is 14.6. The highest BCUT2D eigenvalue weighted by Crippen LogP contribution is 2.22. The number of amidine groups is 1. The van der Waals surface area contributed by atoms with E-state index in [0.717, 1.165) is 0 Å². The minimum atomic E-state index is -4.74. The van der Waals surface area contributed by atoms with Gasteiger partial charge in [-0.1, -0.05) is 23.9 Å². The summed E-state index contributed by atoms with van der Waals surface area (Å²) in [5.74, 6) is -0.217. The molecule has 1 aliphatic rings. The molecule has 2 rings (SSSR count). The number of nitrogens with one attached hydrogen (secondary N) is 1. The Kier molecular flexibility index (Phi) is 4.28. The van der Waals surface area contributed by atoms with Gasteiger partial charge in [-0.2, -0.15) is 5.10 Å². The first-order valence-corrected chi connectivity index (χ1v) is 6.30.